The van der Waals surface area contributed by atoms with Gasteiger partial charge in [-0.05, 0) is 56.9 Å². The molecule has 1 amide bonds. The molecule has 1 N–H and O–H groups in total. The summed E-state index contributed by atoms with van der Waals surface area (Å²) in [7, 11) is -3.70. The fourth-order valence-corrected chi connectivity index (χ4v) is 5.97. The molecule has 1 aliphatic carbocycles. The smallest absolute Gasteiger partial charge is 0.252 e. The largest absolute Gasteiger partial charge is 0.373 e. The molecule has 2 aliphatic rings. The van der Waals surface area contributed by atoms with Crippen LogP contribution in [0.4, 0.5) is 0 Å². The second-order valence-corrected chi connectivity index (χ2v) is 10.3. The Morgan fingerprint density at radius 1 is 1.03 bits per heavy atom. The van der Waals surface area contributed by atoms with Crippen LogP contribution in [0.2, 0.25) is 0 Å². The number of rotatable bonds is 5. The van der Waals surface area contributed by atoms with Crippen molar-refractivity contribution in [2.45, 2.75) is 55.8 Å². The SMILES string of the molecule is CC1CN(S(=O)(=O)c2cccc(C(=O)NC3(c4ccccc4)CCC3)c2)CC(C)O1. The van der Waals surface area contributed by atoms with Gasteiger partial charge in [0.25, 0.3) is 5.91 Å². The molecular formula is C23H28N2O4S. The van der Waals surface area contributed by atoms with Crippen LogP contribution in [0.5, 0.6) is 0 Å². The summed E-state index contributed by atoms with van der Waals surface area (Å²) in [5.41, 5.74) is 1.07. The molecule has 2 aromatic rings. The van der Waals surface area contributed by atoms with Crippen LogP contribution in [0.25, 0.3) is 0 Å². The summed E-state index contributed by atoms with van der Waals surface area (Å²) in [5, 5.41) is 3.17. The number of ether oxygens (including phenoxy) is 1. The van der Waals surface area contributed by atoms with Gasteiger partial charge in [-0.3, -0.25) is 4.79 Å². The van der Waals surface area contributed by atoms with Gasteiger partial charge in [0.15, 0.2) is 0 Å². The van der Waals surface area contributed by atoms with Crippen molar-refractivity contribution in [1.82, 2.24) is 9.62 Å². The topological polar surface area (TPSA) is 75.7 Å². The first-order valence-electron chi connectivity index (χ1n) is 10.4. The third-order valence-corrected chi connectivity index (χ3v) is 7.83. The molecule has 0 aromatic heterocycles. The number of amides is 1. The number of nitrogens with one attached hydrogen (secondary N) is 1. The molecule has 1 saturated carbocycles. The average Bonchev–Trinajstić information content (AvgIpc) is 2.70. The Hall–Kier alpha value is -2.22. The molecule has 0 spiro atoms. The number of hydrogen-bond donors (Lipinski definition) is 1. The number of hydrogen-bond acceptors (Lipinski definition) is 4. The zero-order valence-corrected chi connectivity index (χ0v) is 18.2. The highest BCUT2D eigenvalue weighted by Gasteiger charge is 2.40. The van der Waals surface area contributed by atoms with Crippen LogP contribution in [0.3, 0.4) is 0 Å². The lowest BCUT2D eigenvalue weighted by Crippen LogP contribution is -2.50. The summed E-state index contributed by atoms with van der Waals surface area (Å²) in [6.07, 6.45) is 2.48. The molecule has 0 radical (unpaired) electrons. The van der Waals surface area contributed by atoms with Crippen molar-refractivity contribution in [3.8, 4) is 0 Å². The summed E-state index contributed by atoms with van der Waals surface area (Å²) in [6, 6.07) is 16.3. The van der Waals surface area contributed by atoms with Crippen molar-refractivity contribution < 1.29 is 17.9 Å². The van der Waals surface area contributed by atoms with Crippen molar-refractivity contribution in [2.24, 2.45) is 0 Å². The zero-order valence-electron chi connectivity index (χ0n) is 17.4. The molecule has 2 fully saturated rings. The number of nitrogens with zero attached hydrogens (tertiary/aromatic N) is 1. The first-order chi connectivity index (χ1) is 14.3. The van der Waals surface area contributed by atoms with Crippen LogP contribution in [0, 0.1) is 0 Å². The molecular weight excluding hydrogens is 400 g/mol. The van der Waals surface area contributed by atoms with Gasteiger partial charge in [-0.25, -0.2) is 8.42 Å². The van der Waals surface area contributed by atoms with E-state index >= 15 is 0 Å². The van der Waals surface area contributed by atoms with Gasteiger partial charge < -0.3 is 10.1 Å². The molecule has 4 rings (SSSR count). The Morgan fingerprint density at radius 2 is 1.70 bits per heavy atom. The number of carbonyl (C=O) groups is 1. The van der Waals surface area contributed by atoms with Crippen LogP contribution in [-0.2, 0) is 20.3 Å². The van der Waals surface area contributed by atoms with Gasteiger partial charge in [-0.15, -0.1) is 0 Å². The Balaban J connectivity index is 1.56. The Labute approximate surface area is 178 Å². The highest BCUT2D eigenvalue weighted by molar-refractivity contribution is 7.89. The molecule has 2 atom stereocenters. The first-order valence-corrected chi connectivity index (χ1v) is 11.9. The fraction of sp³-hybridized carbons (Fsp3) is 0.435. The van der Waals surface area contributed by atoms with E-state index in [4.69, 9.17) is 4.74 Å². The van der Waals surface area contributed by atoms with E-state index in [0.29, 0.717) is 18.7 Å². The van der Waals surface area contributed by atoms with Crippen LogP contribution in [-0.4, -0.2) is 43.9 Å². The number of sulfonamides is 1. The number of benzene rings is 2. The van der Waals surface area contributed by atoms with Gasteiger partial charge in [-0.1, -0.05) is 36.4 Å². The Kier molecular flexibility index (Phi) is 5.70. The average molecular weight is 429 g/mol. The minimum absolute atomic E-state index is 0.138. The van der Waals surface area contributed by atoms with Gasteiger partial charge in [0, 0.05) is 18.7 Å². The molecule has 1 saturated heterocycles. The van der Waals surface area contributed by atoms with Gasteiger partial charge in [0.1, 0.15) is 0 Å². The van der Waals surface area contributed by atoms with Crippen molar-refractivity contribution >= 4 is 15.9 Å². The minimum Gasteiger partial charge on any atom is -0.373 e. The van der Waals surface area contributed by atoms with Gasteiger partial charge >= 0.3 is 0 Å². The summed E-state index contributed by atoms with van der Waals surface area (Å²) < 4.78 is 33.4. The molecule has 30 heavy (non-hydrogen) atoms. The van der Waals surface area contributed by atoms with Crippen LogP contribution in [0.15, 0.2) is 59.5 Å². The highest BCUT2D eigenvalue weighted by Crippen LogP contribution is 2.41. The zero-order chi connectivity index (χ0) is 21.4. The molecule has 160 valence electrons. The van der Waals surface area contributed by atoms with Gasteiger partial charge in [0.05, 0.1) is 22.6 Å². The highest BCUT2D eigenvalue weighted by atomic mass is 32.2. The summed E-state index contributed by atoms with van der Waals surface area (Å²) in [4.78, 5) is 13.2. The quantitative estimate of drug-likeness (QED) is 0.793. The lowest BCUT2D eigenvalue weighted by Gasteiger charge is -2.43. The second-order valence-electron chi connectivity index (χ2n) is 8.36. The third-order valence-electron chi connectivity index (χ3n) is 6.01. The summed E-state index contributed by atoms with van der Waals surface area (Å²) in [6.45, 7) is 4.34. The van der Waals surface area contributed by atoms with E-state index in [9.17, 15) is 13.2 Å². The molecule has 1 heterocycles. The summed E-state index contributed by atoms with van der Waals surface area (Å²) in [5.74, 6) is -0.251. The van der Waals surface area contributed by atoms with E-state index in [-0.39, 0.29) is 28.5 Å². The van der Waals surface area contributed by atoms with E-state index in [1.807, 2.05) is 44.2 Å². The van der Waals surface area contributed by atoms with Crippen LogP contribution in [0.1, 0.15) is 49.0 Å². The molecule has 6 nitrogen and oxygen atoms in total. The predicted octanol–water partition coefficient (Wildman–Crippen LogP) is 3.29. The third kappa shape index (κ3) is 4.02. The lowest BCUT2D eigenvalue weighted by molar-refractivity contribution is -0.0440. The molecule has 7 heteroatoms. The van der Waals surface area contributed by atoms with Crippen molar-refractivity contribution in [2.75, 3.05) is 13.1 Å². The van der Waals surface area contributed by atoms with Gasteiger partial charge in [-0.2, -0.15) is 4.31 Å². The maximum Gasteiger partial charge on any atom is 0.252 e. The van der Waals surface area contributed by atoms with Crippen molar-refractivity contribution in [1.29, 1.82) is 0 Å². The molecule has 2 aromatic carbocycles. The summed E-state index contributed by atoms with van der Waals surface area (Å²) >= 11 is 0. The second kappa shape index (κ2) is 8.13. The molecule has 1 aliphatic heterocycles. The molecule has 2 unspecified atom stereocenters. The Bertz CT molecular complexity index is 1010. The Morgan fingerprint density at radius 3 is 2.30 bits per heavy atom. The van der Waals surface area contributed by atoms with Crippen LogP contribution < -0.4 is 5.32 Å². The monoisotopic (exact) mass is 428 g/mol. The van der Waals surface area contributed by atoms with E-state index in [0.717, 1.165) is 24.8 Å². The first kappa shape index (κ1) is 21.0. The van der Waals surface area contributed by atoms with E-state index in [1.54, 1.807) is 18.2 Å². The predicted molar refractivity (Wildman–Crippen MR) is 115 cm³/mol. The molecule has 0 bridgehead atoms. The fourth-order valence-electron chi connectivity index (χ4n) is 4.34. The standard InChI is InChI=1S/C23H28N2O4S/c1-17-15-25(16-18(2)29-17)30(27,28)21-11-6-8-19(14-21)22(26)24-23(12-7-13-23)20-9-4-3-5-10-20/h3-6,8-11,14,17-18H,7,12-13,15-16H2,1-2H3,(H,24,26). The van der Waals surface area contributed by atoms with E-state index < -0.39 is 10.0 Å². The van der Waals surface area contributed by atoms with Crippen molar-refractivity contribution in [3.05, 3.63) is 65.7 Å². The normalized spacial score (nSPS) is 24.1. The number of morpholine rings is 1. The van der Waals surface area contributed by atoms with Gasteiger partial charge in [0.2, 0.25) is 10.0 Å². The number of carbonyl (C=O) groups excluding carboxylic acids is 1. The van der Waals surface area contributed by atoms with E-state index in [1.165, 1.54) is 10.4 Å². The lowest BCUT2D eigenvalue weighted by atomic mass is 9.71. The minimum atomic E-state index is -3.70. The maximum absolute atomic E-state index is 13.2. The maximum atomic E-state index is 13.2. The van der Waals surface area contributed by atoms with E-state index in [2.05, 4.69) is 5.32 Å². The van der Waals surface area contributed by atoms with Crippen LogP contribution >= 0.6 is 0 Å². The van der Waals surface area contributed by atoms with Crippen molar-refractivity contribution in [3.63, 3.8) is 0 Å².